The molecule has 102 valence electrons. The summed E-state index contributed by atoms with van der Waals surface area (Å²) in [5, 5.41) is 2.30. The Labute approximate surface area is 123 Å². The van der Waals surface area contributed by atoms with Gasteiger partial charge < -0.3 is 4.42 Å². The number of fused-ring (bicyclic) bond motifs is 3. The van der Waals surface area contributed by atoms with E-state index < -0.39 is 0 Å². The van der Waals surface area contributed by atoms with Crippen molar-refractivity contribution in [2.75, 3.05) is 0 Å². The van der Waals surface area contributed by atoms with Crippen molar-refractivity contribution in [2.45, 2.75) is 13.8 Å². The molecule has 4 rings (SSSR count). The van der Waals surface area contributed by atoms with E-state index in [1.165, 1.54) is 11.1 Å². The molecule has 0 spiro atoms. The largest absolute Gasteiger partial charge is 0.456 e. The zero-order chi connectivity index (χ0) is 14.4. The van der Waals surface area contributed by atoms with E-state index in [4.69, 9.17) is 4.42 Å². The average molecular weight is 273 g/mol. The van der Waals surface area contributed by atoms with Crippen molar-refractivity contribution in [1.29, 1.82) is 0 Å². The first-order chi connectivity index (χ1) is 10.2. The molecule has 2 aromatic heterocycles. The van der Waals surface area contributed by atoms with Crippen LogP contribution >= 0.6 is 0 Å². The minimum atomic E-state index is 0.931. The van der Waals surface area contributed by atoms with Gasteiger partial charge >= 0.3 is 0 Å². The third kappa shape index (κ3) is 1.91. The maximum absolute atomic E-state index is 5.92. The average Bonchev–Trinajstić information content (AvgIpc) is 2.84. The third-order valence-corrected chi connectivity index (χ3v) is 3.91. The van der Waals surface area contributed by atoms with E-state index in [0.717, 1.165) is 33.2 Å². The van der Waals surface area contributed by atoms with Crippen LogP contribution in [0.15, 0.2) is 59.1 Å². The van der Waals surface area contributed by atoms with Crippen LogP contribution in [0.3, 0.4) is 0 Å². The number of pyridine rings is 1. The monoisotopic (exact) mass is 273 g/mol. The Kier molecular flexibility index (Phi) is 2.58. The molecule has 0 N–H and O–H groups in total. The highest BCUT2D eigenvalue weighted by Crippen LogP contribution is 2.33. The molecule has 0 saturated carbocycles. The fourth-order valence-corrected chi connectivity index (χ4v) is 2.78. The van der Waals surface area contributed by atoms with Gasteiger partial charge in [-0.3, -0.25) is 4.98 Å². The second-order valence-corrected chi connectivity index (χ2v) is 5.48. The van der Waals surface area contributed by atoms with Gasteiger partial charge in [-0.1, -0.05) is 24.3 Å². The van der Waals surface area contributed by atoms with Crippen LogP contribution in [-0.2, 0) is 0 Å². The number of rotatable bonds is 1. The van der Waals surface area contributed by atoms with Crippen LogP contribution < -0.4 is 0 Å². The summed E-state index contributed by atoms with van der Waals surface area (Å²) in [4.78, 5) is 4.55. The van der Waals surface area contributed by atoms with E-state index in [1.54, 1.807) is 0 Å². The molecular formula is C19H15NO. The highest BCUT2D eigenvalue weighted by molar-refractivity contribution is 6.06. The SMILES string of the molecule is Cc1ccc(-c2cc3c(cc2C)oc2ccccc23)nc1. The van der Waals surface area contributed by atoms with E-state index in [-0.39, 0.29) is 0 Å². The maximum Gasteiger partial charge on any atom is 0.135 e. The number of aryl methyl sites for hydroxylation is 2. The van der Waals surface area contributed by atoms with E-state index >= 15 is 0 Å². The molecule has 2 heterocycles. The highest BCUT2D eigenvalue weighted by Gasteiger charge is 2.11. The fraction of sp³-hybridized carbons (Fsp3) is 0.105. The van der Waals surface area contributed by atoms with Gasteiger partial charge in [0.2, 0.25) is 0 Å². The lowest BCUT2D eigenvalue weighted by Crippen LogP contribution is -1.87. The summed E-state index contributed by atoms with van der Waals surface area (Å²) >= 11 is 0. The molecule has 0 unspecified atom stereocenters. The predicted octanol–water partition coefficient (Wildman–Crippen LogP) is 5.26. The number of aromatic nitrogens is 1. The van der Waals surface area contributed by atoms with Gasteiger partial charge in [-0.25, -0.2) is 0 Å². The summed E-state index contributed by atoms with van der Waals surface area (Å²) in [5.41, 5.74) is 6.38. The van der Waals surface area contributed by atoms with Crippen LogP contribution in [0.1, 0.15) is 11.1 Å². The van der Waals surface area contributed by atoms with Crippen LogP contribution in [-0.4, -0.2) is 4.98 Å². The van der Waals surface area contributed by atoms with Gasteiger partial charge in [-0.2, -0.15) is 0 Å². The van der Waals surface area contributed by atoms with Gasteiger partial charge in [0.15, 0.2) is 0 Å². The summed E-state index contributed by atoms with van der Waals surface area (Å²) in [7, 11) is 0. The van der Waals surface area contributed by atoms with E-state index in [9.17, 15) is 0 Å². The standard InChI is InChI=1S/C19H15NO/c1-12-7-8-17(20-11-12)15-10-16-14-5-3-4-6-18(14)21-19(16)9-13(15)2/h3-11H,1-2H3. The Balaban J connectivity index is 2.03. The van der Waals surface area contributed by atoms with Crippen molar-refractivity contribution in [2.24, 2.45) is 0 Å². The summed E-state index contributed by atoms with van der Waals surface area (Å²) in [6.45, 7) is 4.15. The maximum atomic E-state index is 5.92. The summed E-state index contributed by atoms with van der Waals surface area (Å²) in [5.74, 6) is 0. The zero-order valence-electron chi connectivity index (χ0n) is 12.1. The first kappa shape index (κ1) is 12.2. The molecule has 0 aliphatic carbocycles. The number of nitrogens with zero attached hydrogens (tertiary/aromatic N) is 1. The zero-order valence-corrected chi connectivity index (χ0v) is 12.1. The Morgan fingerprint density at radius 2 is 1.71 bits per heavy atom. The summed E-state index contributed by atoms with van der Waals surface area (Å²) in [6, 6.07) is 16.6. The molecule has 4 aromatic rings. The van der Waals surface area contributed by atoms with Crippen molar-refractivity contribution in [3.8, 4) is 11.3 Å². The smallest absolute Gasteiger partial charge is 0.135 e. The van der Waals surface area contributed by atoms with Crippen LogP contribution in [0.2, 0.25) is 0 Å². The number of hydrogen-bond acceptors (Lipinski definition) is 2. The number of furan rings is 1. The Bertz CT molecular complexity index is 949. The van der Waals surface area contributed by atoms with Crippen molar-refractivity contribution in [3.05, 3.63) is 65.9 Å². The Morgan fingerprint density at radius 3 is 2.52 bits per heavy atom. The third-order valence-electron chi connectivity index (χ3n) is 3.91. The van der Waals surface area contributed by atoms with Gasteiger partial charge in [0.1, 0.15) is 11.2 Å². The number of hydrogen-bond donors (Lipinski definition) is 0. The molecule has 2 aromatic carbocycles. The second-order valence-electron chi connectivity index (χ2n) is 5.48. The molecule has 0 aliphatic heterocycles. The van der Waals surface area contributed by atoms with Gasteiger partial charge in [0, 0.05) is 22.5 Å². The molecular weight excluding hydrogens is 258 g/mol. The quantitative estimate of drug-likeness (QED) is 0.472. The van der Waals surface area contributed by atoms with Crippen molar-refractivity contribution < 1.29 is 4.42 Å². The number of para-hydroxylation sites is 1. The molecule has 0 aliphatic rings. The Morgan fingerprint density at radius 1 is 0.857 bits per heavy atom. The van der Waals surface area contributed by atoms with Crippen LogP contribution in [0.25, 0.3) is 33.2 Å². The van der Waals surface area contributed by atoms with Crippen molar-refractivity contribution in [3.63, 3.8) is 0 Å². The summed E-state index contributed by atoms with van der Waals surface area (Å²) in [6.07, 6.45) is 1.91. The molecule has 2 nitrogen and oxygen atoms in total. The van der Waals surface area contributed by atoms with Gasteiger partial charge in [-0.05, 0) is 49.2 Å². The molecule has 0 atom stereocenters. The second kappa shape index (κ2) is 4.45. The molecule has 0 fully saturated rings. The van der Waals surface area contributed by atoms with Crippen LogP contribution in [0, 0.1) is 13.8 Å². The minimum Gasteiger partial charge on any atom is -0.456 e. The lowest BCUT2D eigenvalue weighted by molar-refractivity contribution is 0.668. The first-order valence-corrected chi connectivity index (χ1v) is 7.07. The van der Waals surface area contributed by atoms with Crippen LogP contribution in [0.5, 0.6) is 0 Å². The van der Waals surface area contributed by atoms with E-state index in [2.05, 4.69) is 49.2 Å². The van der Waals surface area contributed by atoms with Crippen molar-refractivity contribution in [1.82, 2.24) is 4.98 Å². The van der Waals surface area contributed by atoms with E-state index in [0.29, 0.717) is 0 Å². The fourth-order valence-electron chi connectivity index (χ4n) is 2.78. The van der Waals surface area contributed by atoms with Gasteiger partial charge in [-0.15, -0.1) is 0 Å². The normalized spacial score (nSPS) is 11.3. The predicted molar refractivity (Wildman–Crippen MR) is 86.4 cm³/mol. The van der Waals surface area contributed by atoms with Crippen molar-refractivity contribution >= 4 is 21.9 Å². The highest BCUT2D eigenvalue weighted by atomic mass is 16.3. The molecule has 0 saturated heterocycles. The molecule has 0 amide bonds. The van der Waals surface area contributed by atoms with Crippen LogP contribution in [0.4, 0.5) is 0 Å². The molecule has 2 heteroatoms. The first-order valence-electron chi connectivity index (χ1n) is 7.07. The molecule has 0 bridgehead atoms. The molecule has 21 heavy (non-hydrogen) atoms. The van der Waals surface area contributed by atoms with Gasteiger partial charge in [0.25, 0.3) is 0 Å². The lowest BCUT2D eigenvalue weighted by Gasteiger charge is -2.06. The topological polar surface area (TPSA) is 26.0 Å². The molecule has 0 radical (unpaired) electrons. The Hall–Kier alpha value is -2.61. The van der Waals surface area contributed by atoms with E-state index in [1.807, 2.05) is 24.4 Å². The number of benzene rings is 2. The van der Waals surface area contributed by atoms with Gasteiger partial charge in [0.05, 0.1) is 5.69 Å². The summed E-state index contributed by atoms with van der Waals surface area (Å²) < 4.78 is 5.92. The lowest BCUT2D eigenvalue weighted by atomic mass is 10.0. The minimum absolute atomic E-state index is 0.931.